The van der Waals surface area contributed by atoms with Gasteiger partial charge in [0, 0.05) is 19.1 Å². The number of hydrogen-bond donors (Lipinski definition) is 2. The van der Waals surface area contributed by atoms with Crippen LogP contribution >= 0.6 is 0 Å². The van der Waals surface area contributed by atoms with Crippen LogP contribution in [-0.2, 0) is 0 Å². The van der Waals surface area contributed by atoms with Gasteiger partial charge in [-0.1, -0.05) is 26.0 Å². The molecule has 2 nitrogen and oxygen atoms in total. The summed E-state index contributed by atoms with van der Waals surface area (Å²) in [6.07, 6.45) is 1.81. The maximum Gasteiger partial charge on any atom is 0.163 e. The molecule has 1 aliphatic rings. The fraction of sp³-hybridized carbons (Fsp3) is 0.571. The summed E-state index contributed by atoms with van der Waals surface area (Å²) < 4.78 is 26.7. The van der Waals surface area contributed by atoms with Crippen LogP contribution in [0.15, 0.2) is 18.2 Å². The van der Waals surface area contributed by atoms with Gasteiger partial charge < -0.3 is 10.6 Å². The Hall–Kier alpha value is -1.00. The summed E-state index contributed by atoms with van der Waals surface area (Å²) >= 11 is 0. The second-order valence-electron chi connectivity index (χ2n) is 4.16. The van der Waals surface area contributed by atoms with Crippen LogP contribution in [0.5, 0.6) is 0 Å². The first-order valence-corrected chi connectivity index (χ1v) is 6.57. The SMILES string of the molecule is CC.CN[C@@H]1CCN[C@H](c2cccc(F)c2F)C1.[HH]. The predicted octanol–water partition coefficient (Wildman–Crippen LogP) is 3.25. The monoisotopic (exact) mass is 258 g/mol. The van der Waals surface area contributed by atoms with Gasteiger partial charge in [0.05, 0.1) is 0 Å². The van der Waals surface area contributed by atoms with E-state index in [0.717, 1.165) is 25.5 Å². The highest BCUT2D eigenvalue weighted by Gasteiger charge is 2.24. The van der Waals surface area contributed by atoms with E-state index in [-0.39, 0.29) is 7.47 Å². The van der Waals surface area contributed by atoms with Crippen molar-refractivity contribution in [1.29, 1.82) is 0 Å². The highest BCUT2D eigenvalue weighted by molar-refractivity contribution is 5.23. The lowest BCUT2D eigenvalue weighted by Crippen LogP contribution is -2.40. The Labute approximate surface area is 109 Å². The molecule has 1 aromatic rings. The second kappa shape index (κ2) is 7.44. The molecule has 4 heteroatoms. The van der Waals surface area contributed by atoms with Gasteiger partial charge in [0.1, 0.15) is 0 Å². The number of nitrogens with one attached hydrogen (secondary N) is 2. The summed E-state index contributed by atoms with van der Waals surface area (Å²) in [6, 6.07) is 4.62. The molecule has 0 unspecified atom stereocenters. The van der Waals surface area contributed by atoms with Crippen LogP contribution in [0.25, 0.3) is 0 Å². The van der Waals surface area contributed by atoms with E-state index in [1.54, 1.807) is 12.1 Å². The van der Waals surface area contributed by atoms with Gasteiger partial charge in [0.15, 0.2) is 11.6 Å². The number of rotatable bonds is 2. The molecule has 2 rings (SSSR count). The second-order valence-corrected chi connectivity index (χ2v) is 4.16. The first-order chi connectivity index (χ1) is 8.72. The van der Waals surface area contributed by atoms with E-state index in [1.165, 1.54) is 0 Å². The smallest absolute Gasteiger partial charge is 0.163 e. The average molecular weight is 258 g/mol. The Bertz CT molecular complexity index is 374. The summed E-state index contributed by atoms with van der Waals surface area (Å²) in [5.74, 6) is -1.50. The molecule has 1 heterocycles. The Morgan fingerprint density at radius 1 is 1.33 bits per heavy atom. The van der Waals surface area contributed by atoms with E-state index in [1.807, 2.05) is 20.9 Å². The van der Waals surface area contributed by atoms with Gasteiger partial charge in [-0.25, -0.2) is 8.78 Å². The van der Waals surface area contributed by atoms with E-state index < -0.39 is 11.6 Å². The molecule has 0 saturated carbocycles. The molecule has 104 valence electrons. The van der Waals surface area contributed by atoms with Gasteiger partial charge in [-0.2, -0.15) is 0 Å². The summed E-state index contributed by atoms with van der Waals surface area (Å²) in [7, 11) is 1.90. The zero-order chi connectivity index (χ0) is 13.5. The molecule has 0 bridgehead atoms. The third-order valence-corrected chi connectivity index (χ3v) is 3.17. The van der Waals surface area contributed by atoms with Crippen LogP contribution in [0.1, 0.15) is 39.7 Å². The molecule has 0 radical (unpaired) electrons. The van der Waals surface area contributed by atoms with E-state index in [9.17, 15) is 8.78 Å². The number of piperidine rings is 1. The maximum absolute atomic E-state index is 13.6. The van der Waals surface area contributed by atoms with Crippen molar-refractivity contribution in [1.82, 2.24) is 10.6 Å². The molecule has 2 N–H and O–H groups in total. The van der Waals surface area contributed by atoms with Gasteiger partial charge in [0.25, 0.3) is 0 Å². The lowest BCUT2D eigenvalue weighted by atomic mass is 9.93. The van der Waals surface area contributed by atoms with E-state index in [4.69, 9.17) is 0 Å². The van der Waals surface area contributed by atoms with Crippen molar-refractivity contribution in [2.24, 2.45) is 0 Å². The molecule has 1 aliphatic heterocycles. The summed E-state index contributed by atoms with van der Waals surface area (Å²) in [4.78, 5) is 0. The normalized spacial score (nSPS) is 23.2. The zero-order valence-corrected chi connectivity index (χ0v) is 11.3. The largest absolute Gasteiger partial charge is 0.317 e. The fourth-order valence-corrected chi connectivity index (χ4v) is 2.21. The van der Waals surface area contributed by atoms with Gasteiger partial charge in [-0.05, 0) is 32.5 Å². The van der Waals surface area contributed by atoms with Crippen LogP contribution < -0.4 is 10.6 Å². The van der Waals surface area contributed by atoms with Gasteiger partial charge in [-0.15, -0.1) is 0 Å². The standard InChI is InChI=1S/C12H16F2N2.C2H6.H2/c1-15-8-5-6-16-11(7-8)9-3-2-4-10(13)12(9)14;1-2;/h2-4,8,11,15-16H,5-7H2,1H3;1-2H3;1H/t8-,11+;;/m1../s1. The van der Waals surface area contributed by atoms with Gasteiger partial charge >= 0.3 is 0 Å². The van der Waals surface area contributed by atoms with Gasteiger partial charge in [0.2, 0.25) is 0 Å². The zero-order valence-electron chi connectivity index (χ0n) is 11.3. The maximum atomic E-state index is 13.6. The van der Waals surface area contributed by atoms with Crippen molar-refractivity contribution >= 4 is 0 Å². The van der Waals surface area contributed by atoms with E-state index in [2.05, 4.69) is 10.6 Å². The first-order valence-electron chi connectivity index (χ1n) is 6.57. The van der Waals surface area contributed by atoms with E-state index >= 15 is 0 Å². The topological polar surface area (TPSA) is 24.1 Å². The number of benzene rings is 1. The average Bonchev–Trinajstić information content (AvgIpc) is 2.44. The number of hydrogen-bond acceptors (Lipinski definition) is 2. The first kappa shape index (κ1) is 15.1. The molecule has 1 saturated heterocycles. The van der Waals surface area contributed by atoms with Gasteiger partial charge in [-0.3, -0.25) is 0 Å². The molecular formula is C14H24F2N2. The van der Waals surface area contributed by atoms with Crippen LogP contribution in [-0.4, -0.2) is 19.6 Å². The molecule has 0 aliphatic carbocycles. The van der Waals surface area contributed by atoms with Crippen LogP contribution in [0.3, 0.4) is 0 Å². The lowest BCUT2D eigenvalue weighted by molar-refractivity contribution is 0.327. The molecule has 1 aromatic carbocycles. The minimum Gasteiger partial charge on any atom is -0.317 e. The lowest BCUT2D eigenvalue weighted by Gasteiger charge is -2.30. The van der Waals surface area contributed by atoms with Crippen LogP contribution in [0, 0.1) is 11.6 Å². The van der Waals surface area contributed by atoms with Crippen LogP contribution in [0.2, 0.25) is 0 Å². The van der Waals surface area contributed by atoms with Crippen molar-refractivity contribution in [2.75, 3.05) is 13.6 Å². The molecule has 2 atom stereocenters. The highest BCUT2D eigenvalue weighted by atomic mass is 19.2. The Kier molecular flexibility index (Phi) is 6.22. The Morgan fingerprint density at radius 2 is 2.06 bits per heavy atom. The number of halogens is 2. The molecule has 0 amide bonds. The minimum absolute atomic E-state index is 0. The Morgan fingerprint density at radius 3 is 2.72 bits per heavy atom. The molecule has 1 fully saturated rings. The molecule has 18 heavy (non-hydrogen) atoms. The van der Waals surface area contributed by atoms with Crippen LogP contribution in [0.4, 0.5) is 8.78 Å². The highest BCUT2D eigenvalue weighted by Crippen LogP contribution is 2.26. The molecular weight excluding hydrogens is 234 g/mol. The van der Waals surface area contributed by atoms with Crippen molar-refractivity contribution in [3.05, 3.63) is 35.4 Å². The third kappa shape index (κ3) is 3.50. The third-order valence-electron chi connectivity index (χ3n) is 3.17. The van der Waals surface area contributed by atoms with Crippen molar-refractivity contribution < 1.29 is 10.2 Å². The van der Waals surface area contributed by atoms with E-state index in [0.29, 0.717) is 11.6 Å². The quantitative estimate of drug-likeness (QED) is 0.851. The summed E-state index contributed by atoms with van der Waals surface area (Å²) in [6.45, 7) is 4.83. The summed E-state index contributed by atoms with van der Waals surface area (Å²) in [5, 5.41) is 6.40. The van der Waals surface area contributed by atoms with Crippen molar-refractivity contribution in [2.45, 2.75) is 38.8 Å². The van der Waals surface area contributed by atoms with Crippen molar-refractivity contribution in [3.8, 4) is 0 Å². The Balaban J connectivity index is 0.00000103. The molecule has 0 aromatic heterocycles. The molecule has 0 spiro atoms. The fourth-order valence-electron chi connectivity index (χ4n) is 2.21. The minimum atomic E-state index is -0.772. The summed E-state index contributed by atoms with van der Waals surface area (Å²) in [5.41, 5.74) is 0.431. The van der Waals surface area contributed by atoms with Crippen molar-refractivity contribution in [3.63, 3.8) is 0 Å². The predicted molar refractivity (Wildman–Crippen MR) is 72.6 cm³/mol.